The van der Waals surface area contributed by atoms with E-state index in [0.717, 1.165) is 10.5 Å². The molecule has 218 valence electrons. The summed E-state index contributed by atoms with van der Waals surface area (Å²) in [5.74, 6) is -0.0119. The normalized spacial score (nSPS) is 11.1. The van der Waals surface area contributed by atoms with Crippen molar-refractivity contribution >= 4 is 41.3 Å². The first-order valence-electron chi connectivity index (χ1n) is 13.7. The summed E-state index contributed by atoms with van der Waals surface area (Å²) >= 11 is 1.50. The van der Waals surface area contributed by atoms with Crippen LogP contribution in [0.2, 0.25) is 0 Å². The molecule has 0 aliphatic carbocycles. The number of rotatable bonds is 13. The number of carbonyl (C=O) groups is 3. The average molecular weight is 593 g/mol. The van der Waals surface area contributed by atoms with Crippen molar-refractivity contribution in [3.05, 3.63) is 144 Å². The van der Waals surface area contributed by atoms with Crippen LogP contribution in [0.3, 0.4) is 0 Å². The first-order chi connectivity index (χ1) is 21.0. The molecule has 0 saturated carbocycles. The largest absolute Gasteiger partial charge is 0.489 e. The van der Waals surface area contributed by atoms with Crippen molar-refractivity contribution in [3.8, 4) is 5.75 Å². The van der Waals surface area contributed by atoms with Crippen LogP contribution in [0.4, 0.5) is 5.69 Å². The van der Waals surface area contributed by atoms with E-state index >= 15 is 0 Å². The van der Waals surface area contributed by atoms with Crippen LogP contribution in [0.25, 0.3) is 6.08 Å². The molecule has 0 aromatic heterocycles. The van der Waals surface area contributed by atoms with Crippen molar-refractivity contribution < 1.29 is 23.9 Å². The summed E-state index contributed by atoms with van der Waals surface area (Å²) in [5.41, 5.74) is 2.85. The Morgan fingerprint density at radius 2 is 1.56 bits per heavy atom. The second-order valence-electron chi connectivity index (χ2n) is 9.17. The van der Waals surface area contributed by atoms with E-state index in [1.807, 2.05) is 78.9 Å². The highest BCUT2D eigenvalue weighted by atomic mass is 32.2. The highest BCUT2D eigenvalue weighted by Crippen LogP contribution is 2.23. The van der Waals surface area contributed by atoms with E-state index in [2.05, 4.69) is 10.6 Å². The van der Waals surface area contributed by atoms with E-state index in [0.29, 0.717) is 41.5 Å². The fraction of sp³-hybridized carbons (Fsp3) is 0.114. The molecule has 0 fully saturated rings. The fourth-order valence-corrected chi connectivity index (χ4v) is 4.62. The molecular formula is C35H32N2O5S. The summed E-state index contributed by atoms with van der Waals surface area (Å²) in [6.07, 6.45) is 4.75. The average Bonchev–Trinajstić information content (AvgIpc) is 3.03. The lowest BCUT2D eigenvalue weighted by Gasteiger charge is -2.12. The molecular weight excluding hydrogens is 560 g/mol. The third-order valence-electron chi connectivity index (χ3n) is 5.95. The third kappa shape index (κ3) is 10.4. The quantitative estimate of drug-likeness (QED) is 0.0998. The maximum Gasteiger partial charge on any atom is 0.330 e. The van der Waals surface area contributed by atoms with Gasteiger partial charge >= 0.3 is 5.97 Å². The Labute approximate surface area is 255 Å². The number of thioether (sulfide) groups is 1. The van der Waals surface area contributed by atoms with E-state index in [-0.39, 0.29) is 11.7 Å². The van der Waals surface area contributed by atoms with Crippen molar-refractivity contribution in [1.82, 2.24) is 5.32 Å². The second kappa shape index (κ2) is 16.4. The van der Waals surface area contributed by atoms with Gasteiger partial charge < -0.3 is 20.1 Å². The lowest BCUT2D eigenvalue weighted by Crippen LogP contribution is -2.30. The number of amides is 2. The number of hydrogen-bond acceptors (Lipinski definition) is 6. The van der Waals surface area contributed by atoms with Gasteiger partial charge in [0, 0.05) is 28.0 Å². The van der Waals surface area contributed by atoms with Gasteiger partial charge in [0.2, 0.25) is 0 Å². The molecule has 8 heteroatoms. The number of benzene rings is 4. The molecule has 0 aliphatic heterocycles. The Morgan fingerprint density at radius 3 is 2.28 bits per heavy atom. The smallest absolute Gasteiger partial charge is 0.330 e. The SMILES string of the molecule is CCOC(=O)/C=C/CSc1cccc(NC(=O)/C(=C\c2ccc(OCc3ccccc3)cc2)NC(=O)c2ccccc2)c1. The Morgan fingerprint density at radius 1 is 0.837 bits per heavy atom. The third-order valence-corrected chi connectivity index (χ3v) is 6.89. The predicted molar refractivity (Wildman–Crippen MR) is 171 cm³/mol. The van der Waals surface area contributed by atoms with Crippen LogP contribution < -0.4 is 15.4 Å². The summed E-state index contributed by atoms with van der Waals surface area (Å²) in [5, 5.41) is 5.64. The maximum absolute atomic E-state index is 13.4. The summed E-state index contributed by atoms with van der Waals surface area (Å²) in [6.45, 7) is 2.53. The van der Waals surface area contributed by atoms with Gasteiger partial charge in [0.25, 0.3) is 11.8 Å². The highest BCUT2D eigenvalue weighted by Gasteiger charge is 2.15. The molecule has 4 aromatic carbocycles. The van der Waals surface area contributed by atoms with Gasteiger partial charge in [-0.25, -0.2) is 4.79 Å². The molecule has 0 spiro atoms. The Hall–Kier alpha value is -5.08. The summed E-state index contributed by atoms with van der Waals surface area (Å²) < 4.78 is 10.8. The first-order valence-corrected chi connectivity index (χ1v) is 14.7. The van der Waals surface area contributed by atoms with Crippen LogP contribution in [0, 0.1) is 0 Å². The minimum Gasteiger partial charge on any atom is -0.489 e. The van der Waals surface area contributed by atoms with Gasteiger partial charge in [0.1, 0.15) is 18.1 Å². The Balaban J connectivity index is 1.46. The van der Waals surface area contributed by atoms with E-state index < -0.39 is 11.8 Å². The molecule has 4 rings (SSSR count). The van der Waals surface area contributed by atoms with Crippen molar-refractivity contribution in [1.29, 1.82) is 0 Å². The maximum atomic E-state index is 13.4. The molecule has 0 bridgehead atoms. The predicted octanol–water partition coefficient (Wildman–Crippen LogP) is 6.89. The molecule has 0 heterocycles. The molecule has 0 atom stereocenters. The van der Waals surface area contributed by atoms with Crippen molar-refractivity contribution in [2.24, 2.45) is 0 Å². The summed E-state index contributed by atoms with van der Waals surface area (Å²) in [7, 11) is 0. The van der Waals surface area contributed by atoms with Crippen LogP contribution in [0.15, 0.2) is 132 Å². The molecule has 4 aromatic rings. The van der Waals surface area contributed by atoms with Gasteiger partial charge in [-0.15, -0.1) is 11.8 Å². The van der Waals surface area contributed by atoms with Crippen LogP contribution >= 0.6 is 11.8 Å². The molecule has 2 N–H and O–H groups in total. The zero-order valence-electron chi connectivity index (χ0n) is 23.7. The monoisotopic (exact) mass is 592 g/mol. The zero-order chi connectivity index (χ0) is 30.3. The van der Waals surface area contributed by atoms with Crippen LogP contribution in [0.1, 0.15) is 28.4 Å². The molecule has 0 saturated heterocycles. The number of carbonyl (C=O) groups excluding carboxylic acids is 3. The molecule has 7 nitrogen and oxygen atoms in total. The van der Waals surface area contributed by atoms with Gasteiger partial charge in [-0.1, -0.05) is 72.8 Å². The molecule has 43 heavy (non-hydrogen) atoms. The van der Waals surface area contributed by atoms with E-state index in [4.69, 9.17) is 9.47 Å². The zero-order valence-corrected chi connectivity index (χ0v) is 24.5. The van der Waals surface area contributed by atoms with Crippen molar-refractivity contribution in [2.45, 2.75) is 18.4 Å². The summed E-state index contributed by atoms with van der Waals surface area (Å²) in [6, 6.07) is 33.2. The van der Waals surface area contributed by atoms with E-state index in [1.54, 1.807) is 49.4 Å². The van der Waals surface area contributed by atoms with Crippen LogP contribution in [0.5, 0.6) is 5.75 Å². The van der Waals surface area contributed by atoms with Crippen LogP contribution in [-0.4, -0.2) is 30.1 Å². The Bertz CT molecular complexity index is 1570. The first kappa shape index (κ1) is 30.9. The minimum absolute atomic E-state index is 0.0854. The Kier molecular flexibility index (Phi) is 11.8. The summed E-state index contributed by atoms with van der Waals surface area (Å²) in [4.78, 5) is 38.8. The van der Waals surface area contributed by atoms with Crippen molar-refractivity contribution in [3.63, 3.8) is 0 Å². The number of nitrogens with one attached hydrogen (secondary N) is 2. The minimum atomic E-state index is -0.474. The van der Waals surface area contributed by atoms with Crippen molar-refractivity contribution in [2.75, 3.05) is 17.7 Å². The standard InChI is InChI=1S/C35H32N2O5S/c1-2-41-33(38)17-10-22-43-31-16-9-15-29(24-31)36-35(40)32(37-34(39)28-13-7-4-8-14-28)23-26-18-20-30(21-19-26)42-25-27-11-5-3-6-12-27/h3-21,23-24H,2,22,25H2,1H3,(H,36,40)(H,37,39)/b17-10+,32-23+. The van der Waals surface area contributed by atoms with E-state index in [1.165, 1.54) is 17.8 Å². The highest BCUT2D eigenvalue weighted by molar-refractivity contribution is 7.99. The van der Waals surface area contributed by atoms with Gasteiger partial charge in [0.15, 0.2) is 0 Å². The lowest BCUT2D eigenvalue weighted by molar-refractivity contribution is -0.137. The van der Waals surface area contributed by atoms with Gasteiger partial charge in [0.05, 0.1) is 6.61 Å². The van der Waals surface area contributed by atoms with Gasteiger partial charge in [-0.3, -0.25) is 9.59 Å². The molecule has 2 amide bonds. The molecule has 0 aliphatic rings. The number of anilines is 1. The number of hydrogen-bond donors (Lipinski definition) is 2. The topological polar surface area (TPSA) is 93.7 Å². The molecule has 0 radical (unpaired) electrons. The number of ether oxygens (including phenoxy) is 2. The van der Waals surface area contributed by atoms with Gasteiger partial charge in [-0.2, -0.15) is 0 Å². The van der Waals surface area contributed by atoms with Gasteiger partial charge in [-0.05, 0) is 66.6 Å². The lowest BCUT2D eigenvalue weighted by atomic mass is 10.1. The van der Waals surface area contributed by atoms with E-state index in [9.17, 15) is 14.4 Å². The number of esters is 1. The fourth-order valence-electron chi connectivity index (χ4n) is 3.85. The van der Waals surface area contributed by atoms with Crippen LogP contribution in [-0.2, 0) is 20.9 Å². The second-order valence-corrected chi connectivity index (χ2v) is 10.3. The molecule has 0 unspecified atom stereocenters.